The van der Waals surface area contributed by atoms with E-state index in [0.29, 0.717) is 5.88 Å². The molecular formula is C10H14ClNO. The van der Waals surface area contributed by atoms with Crippen LogP contribution < -0.4 is 4.74 Å². The summed E-state index contributed by atoms with van der Waals surface area (Å²) >= 11 is 5.72. The summed E-state index contributed by atoms with van der Waals surface area (Å²) in [6.07, 6.45) is 1.91. The maximum atomic E-state index is 5.72. The molecule has 0 atom stereocenters. The Bertz CT molecular complexity index is 286. The van der Waals surface area contributed by atoms with E-state index in [1.54, 1.807) is 6.20 Å². The lowest BCUT2D eigenvalue weighted by Crippen LogP contribution is -2.07. The van der Waals surface area contributed by atoms with Crippen LogP contribution in [0.25, 0.3) is 0 Å². The Labute approximate surface area is 83.9 Å². The third-order valence-electron chi connectivity index (χ3n) is 1.75. The fraction of sp³-hybridized carbons (Fsp3) is 0.500. The van der Waals surface area contributed by atoms with Gasteiger partial charge in [0.15, 0.2) is 0 Å². The van der Waals surface area contributed by atoms with Gasteiger partial charge in [0.25, 0.3) is 0 Å². The van der Waals surface area contributed by atoms with Crippen LogP contribution in [0.3, 0.4) is 0 Å². The van der Waals surface area contributed by atoms with Crippen LogP contribution in [0, 0.1) is 6.92 Å². The Morgan fingerprint density at radius 3 is 2.77 bits per heavy atom. The fourth-order valence-electron chi connectivity index (χ4n) is 1.08. The van der Waals surface area contributed by atoms with Crippen molar-refractivity contribution in [2.45, 2.75) is 32.8 Å². The van der Waals surface area contributed by atoms with Crippen LogP contribution in [-0.2, 0) is 5.88 Å². The molecule has 1 rings (SSSR count). The molecule has 3 heteroatoms. The summed E-state index contributed by atoms with van der Waals surface area (Å²) in [5, 5.41) is 0. The van der Waals surface area contributed by atoms with Crippen molar-refractivity contribution >= 4 is 11.6 Å². The first kappa shape index (κ1) is 10.3. The van der Waals surface area contributed by atoms with E-state index in [2.05, 4.69) is 4.98 Å². The normalized spacial score (nSPS) is 10.5. The predicted octanol–water partition coefficient (Wildman–Crippen LogP) is 2.92. The topological polar surface area (TPSA) is 22.1 Å². The Balaban J connectivity index is 2.94. The van der Waals surface area contributed by atoms with Crippen molar-refractivity contribution < 1.29 is 4.74 Å². The molecule has 0 fully saturated rings. The molecule has 0 aliphatic carbocycles. The molecule has 0 aliphatic heterocycles. The molecule has 0 spiro atoms. The lowest BCUT2D eigenvalue weighted by Gasteiger charge is -2.13. The van der Waals surface area contributed by atoms with Gasteiger partial charge >= 0.3 is 0 Å². The quantitative estimate of drug-likeness (QED) is 0.699. The highest BCUT2D eigenvalue weighted by Gasteiger charge is 2.06. The molecule has 1 aromatic rings. The first-order valence-corrected chi connectivity index (χ1v) is 4.85. The molecule has 2 nitrogen and oxygen atoms in total. The van der Waals surface area contributed by atoms with Crippen molar-refractivity contribution in [2.24, 2.45) is 0 Å². The standard InChI is InChI=1S/C10H14ClNO/c1-7(2)13-10-4-5-12-9(6-11)8(10)3/h4-5,7H,6H2,1-3H3. The molecule has 1 aromatic heterocycles. The van der Waals surface area contributed by atoms with Crippen molar-refractivity contribution in [1.29, 1.82) is 0 Å². The van der Waals surface area contributed by atoms with Gasteiger partial charge in [0, 0.05) is 11.8 Å². The zero-order valence-electron chi connectivity index (χ0n) is 8.17. The Morgan fingerprint density at radius 2 is 2.23 bits per heavy atom. The summed E-state index contributed by atoms with van der Waals surface area (Å²) < 4.78 is 5.59. The summed E-state index contributed by atoms with van der Waals surface area (Å²) in [7, 11) is 0. The molecular weight excluding hydrogens is 186 g/mol. The van der Waals surface area contributed by atoms with Crippen LogP contribution >= 0.6 is 11.6 Å². The molecule has 0 amide bonds. The van der Waals surface area contributed by atoms with Gasteiger partial charge in [-0.25, -0.2) is 0 Å². The van der Waals surface area contributed by atoms with Crippen LogP contribution in [0.5, 0.6) is 5.75 Å². The molecule has 0 radical (unpaired) electrons. The van der Waals surface area contributed by atoms with Gasteiger partial charge in [0.1, 0.15) is 5.75 Å². The zero-order valence-corrected chi connectivity index (χ0v) is 8.93. The minimum absolute atomic E-state index is 0.185. The van der Waals surface area contributed by atoms with E-state index in [-0.39, 0.29) is 6.10 Å². The summed E-state index contributed by atoms with van der Waals surface area (Å²) in [5.74, 6) is 1.31. The van der Waals surface area contributed by atoms with E-state index in [4.69, 9.17) is 16.3 Å². The molecule has 1 heterocycles. The Kier molecular flexibility index (Phi) is 3.55. The van der Waals surface area contributed by atoms with E-state index in [0.717, 1.165) is 17.0 Å². The van der Waals surface area contributed by atoms with E-state index < -0.39 is 0 Å². The van der Waals surface area contributed by atoms with Crippen LogP contribution in [0.15, 0.2) is 12.3 Å². The monoisotopic (exact) mass is 199 g/mol. The predicted molar refractivity (Wildman–Crippen MR) is 54.3 cm³/mol. The lowest BCUT2D eigenvalue weighted by atomic mass is 10.2. The average Bonchev–Trinajstić information content (AvgIpc) is 2.08. The van der Waals surface area contributed by atoms with Gasteiger partial charge in [0.05, 0.1) is 17.7 Å². The number of halogens is 1. The van der Waals surface area contributed by atoms with E-state index >= 15 is 0 Å². The van der Waals surface area contributed by atoms with Gasteiger partial charge in [-0.1, -0.05) is 0 Å². The number of ether oxygens (including phenoxy) is 1. The maximum absolute atomic E-state index is 5.72. The number of aromatic nitrogens is 1. The second kappa shape index (κ2) is 4.47. The molecule has 0 N–H and O–H groups in total. The average molecular weight is 200 g/mol. The second-order valence-electron chi connectivity index (χ2n) is 3.18. The fourth-order valence-corrected chi connectivity index (χ4v) is 1.34. The summed E-state index contributed by atoms with van der Waals surface area (Å²) in [6, 6.07) is 1.87. The number of alkyl halides is 1. The van der Waals surface area contributed by atoms with Crippen molar-refractivity contribution in [2.75, 3.05) is 0 Å². The highest BCUT2D eigenvalue weighted by atomic mass is 35.5. The Hall–Kier alpha value is -0.760. The molecule has 0 aliphatic rings. The molecule has 72 valence electrons. The lowest BCUT2D eigenvalue weighted by molar-refractivity contribution is 0.240. The van der Waals surface area contributed by atoms with E-state index in [9.17, 15) is 0 Å². The number of hydrogen-bond acceptors (Lipinski definition) is 2. The first-order valence-electron chi connectivity index (χ1n) is 4.32. The first-order chi connectivity index (χ1) is 6.15. The molecule has 0 saturated heterocycles. The zero-order chi connectivity index (χ0) is 9.84. The molecule has 0 saturated carbocycles. The van der Waals surface area contributed by atoms with Crippen molar-refractivity contribution in [1.82, 2.24) is 4.98 Å². The van der Waals surface area contributed by atoms with Crippen LogP contribution in [0.4, 0.5) is 0 Å². The third-order valence-corrected chi connectivity index (χ3v) is 2.00. The highest BCUT2D eigenvalue weighted by Crippen LogP contribution is 2.21. The number of rotatable bonds is 3. The molecule has 0 aromatic carbocycles. The number of nitrogens with zero attached hydrogens (tertiary/aromatic N) is 1. The third kappa shape index (κ3) is 2.59. The second-order valence-corrected chi connectivity index (χ2v) is 3.45. The van der Waals surface area contributed by atoms with Crippen LogP contribution in [0.1, 0.15) is 25.1 Å². The van der Waals surface area contributed by atoms with E-state index in [1.807, 2.05) is 26.8 Å². The van der Waals surface area contributed by atoms with Gasteiger partial charge in [-0.3, -0.25) is 4.98 Å². The van der Waals surface area contributed by atoms with Crippen LogP contribution in [-0.4, -0.2) is 11.1 Å². The smallest absolute Gasteiger partial charge is 0.125 e. The van der Waals surface area contributed by atoms with E-state index in [1.165, 1.54) is 0 Å². The SMILES string of the molecule is Cc1c(OC(C)C)ccnc1CCl. The largest absolute Gasteiger partial charge is 0.491 e. The van der Waals surface area contributed by atoms with Gasteiger partial charge < -0.3 is 4.74 Å². The number of pyridine rings is 1. The van der Waals surface area contributed by atoms with Crippen molar-refractivity contribution in [3.8, 4) is 5.75 Å². The van der Waals surface area contributed by atoms with Gasteiger partial charge in [-0.2, -0.15) is 0 Å². The van der Waals surface area contributed by atoms with Gasteiger partial charge in [0.2, 0.25) is 0 Å². The highest BCUT2D eigenvalue weighted by molar-refractivity contribution is 6.17. The summed E-state index contributed by atoms with van der Waals surface area (Å²) in [5.41, 5.74) is 1.92. The van der Waals surface area contributed by atoms with Gasteiger partial charge in [-0.05, 0) is 26.8 Å². The van der Waals surface area contributed by atoms with Gasteiger partial charge in [-0.15, -0.1) is 11.6 Å². The minimum atomic E-state index is 0.185. The molecule has 0 bridgehead atoms. The van der Waals surface area contributed by atoms with Crippen molar-refractivity contribution in [3.05, 3.63) is 23.5 Å². The maximum Gasteiger partial charge on any atom is 0.125 e. The molecule has 13 heavy (non-hydrogen) atoms. The number of hydrogen-bond donors (Lipinski definition) is 0. The Morgan fingerprint density at radius 1 is 1.54 bits per heavy atom. The van der Waals surface area contributed by atoms with Crippen molar-refractivity contribution in [3.63, 3.8) is 0 Å². The van der Waals surface area contributed by atoms with Crippen LogP contribution in [0.2, 0.25) is 0 Å². The summed E-state index contributed by atoms with van der Waals surface area (Å²) in [6.45, 7) is 5.98. The minimum Gasteiger partial charge on any atom is -0.491 e. The molecule has 0 unspecified atom stereocenters. The summed E-state index contributed by atoms with van der Waals surface area (Å²) in [4.78, 5) is 4.15.